The Morgan fingerprint density at radius 1 is 1.80 bits per heavy atom. The van der Waals surface area contributed by atoms with Crippen LogP contribution >= 0.6 is 0 Å². The third-order valence-electron chi connectivity index (χ3n) is 1.83. The fourth-order valence-corrected chi connectivity index (χ4v) is 1.12. The first-order chi connectivity index (χ1) is 4.88. The van der Waals surface area contributed by atoms with Gasteiger partial charge in [-0.15, -0.1) is 0 Å². The molecule has 0 aromatic carbocycles. The Kier molecular flexibility index (Phi) is 2.52. The second-order valence-electron chi connectivity index (χ2n) is 2.43. The number of nitrogens with zero attached hydrogens (tertiary/aromatic N) is 2. The molecule has 1 saturated heterocycles. The van der Waals surface area contributed by atoms with Crippen molar-refractivity contribution in [3.8, 4) is 6.19 Å². The number of morpholine rings is 1. The Morgan fingerprint density at radius 2 is 2.60 bits per heavy atom. The van der Waals surface area contributed by atoms with Gasteiger partial charge in [0.05, 0.1) is 25.8 Å². The van der Waals surface area contributed by atoms with E-state index in [2.05, 4.69) is 13.1 Å². The molecule has 3 nitrogen and oxygen atoms in total. The van der Waals surface area contributed by atoms with Gasteiger partial charge in [-0.25, -0.2) is 0 Å². The lowest BCUT2D eigenvalue weighted by Crippen LogP contribution is -2.41. The Balaban J connectivity index is 2.44. The van der Waals surface area contributed by atoms with Crippen LogP contribution in [0.3, 0.4) is 0 Å². The molecule has 0 bridgehead atoms. The van der Waals surface area contributed by atoms with E-state index in [4.69, 9.17) is 10.00 Å². The predicted octanol–water partition coefficient (Wildman–Crippen LogP) is 0.578. The second kappa shape index (κ2) is 3.43. The van der Waals surface area contributed by atoms with Gasteiger partial charge in [-0.05, 0) is 6.42 Å². The van der Waals surface area contributed by atoms with E-state index < -0.39 is 0 Å². The molecule has 1 heterocycles. The third-order valence-corrected chi connectivity index (χ3v) is 1.83. The Hall–Kier alpha value is -0.750. The van der Waals surface area contributed by atoms with E-state index in [-0.39, 0.29) is 0 Å². The first kappa shape index (κ1) is 7.36. The minimum Gasteiger partial charge on any atom is -0.377 e. The zero-order chi connectivity index (χ0) is 7.40. The normalized spacial score (nSPS) is 26.0. The van der Waals surface area contributed by atoms with Crippen LogP contribution in [0.4, 0.5) is 0 Å². The summed E-state index contributed by atoms with van der Waals surface area (Å²) in [5.41, 5.74) is 0. The molecular formula is C7H12N2O. The number of hydrogen-bond donors (Lipinski definition) is 0. The van der Waals surface area contributed by atoms with Gasteiger partial charge in [0.2, 0.25) is 0 Å². The van der Waals surface area contributed by atoms with Gasteiger partial charge in [-0.2, -0.15) is 5.26 Å². The smallest absolute Gasteiger partial charge is 0.179 e. The molecule has 0 aliphatic carbocycles. The number of nitriles is 1. The van der Waals surface area contributed by atoms with Crippen LogP contribution in [-0.2, 0) is 4.74 Å². The quantitative estimate of drug-likeness (QED) is 0.500. The zero-order valence-electron chi connectivity index (χ0n) is 6.21. The molecule has 3 heteroatoms. The van der Waals surface area contributed by atoms with Crippen molar-refractivity contribution >= 4 is 0 Å². The maximum Gasteiger partial charge on any atom is 0.179 e. The highest BCUT2D eigenvalue weighted by Crippen LogP contribution is 2.07. The van der Waals surface area contributed by atoms with Crippen LogP contribution in [0, 0.1) is 11.5 Å². The van der Waals surface area contributed by atoms with Crippen molar-refractivity contribution in [2.75, 3.05) is 19.8 Å². The highest BCUT2D eigenvalue weighted by Gasteiger charge is 2.19. The van der Waals surface area contributed by atoms with Crippen molar-refractivity contribution in [3.63, 3.8) is 0 Å². The molecule has 0 radical (unpaired) electrons. The summed E-state index contributed by atoms with van der Waals surface area (Å²) in [5, 5.41) is 8.61. The third kappa shape index (κ3) is 1.39. The number of ether oxygens (including phenoxy) is 1. The largest absolute Gasteiger partial charge is 0.377 e. The average Bonchev–Trinajstić information content (AvgIpc) is 2.04. The molecule has 1 aliphatic rings. The summed E-state index contributed by atoms with van der Waals surface area (Å²) in [5.74, 6) is 0. The Bertz CT molecular complexity index is 141. The first-order valence-electron chi connectivity index (χ1n) is 3.62. The van der Waals surface area contributed by atoms with Crippen LogP contribution in [0.25, 0.3) is 0 Å². The maximum absolute atomic E-state index is 8.61. The lowest BCUT2D eigenvalue weighted by molar-refractivity contribution is 0.0191. The standard InChI is InChI=1S/C7H12N2O/c1-2-7-5-10-4-3-9(7)6-8/h7H,2-5H2,1H3. The van der Waals surface area contributed by atoms with Gasteiger partial charge in [-0.1, -0.05) is 6.92 Å². The van der Waals surface area contributed by atoms with Crippen molar-refractivity contribution in [2.24, 2.45) is 0 Å². The fraction of sp³-hybridized carbons (Fsp3) is 0.857. The van der Waals surface area contributed by atoms with Gasteiger partial charge in [0.15, 0.2) is 6.19 Å². The summed E-state index contributed by atoms with van der Waals surface area (Å²) < 4.78 is 5.21. The zero-order valence-corrected chi connectivity index (χ0v) is 6.21. The summed E-state index contributed by atoms with van der Waals surface area (Å²) >= 11 is 0. The molecule has 1 rings (SSSR count). The van der Waals surface area contributed by atoms with E-state index in [1.165, 1.54) is 0 Å². The van der Waals surface area contributed by atoms with Crippen LogP contribution in [-0.4, -0.2) is 30.7 Å². The monoisotopic (exact) mass is 140 g/mol. The van der Waals surface area contributed by atoms with E-state index in [1.807, 2.05) is 0 Å². The van der Waals surface area contributed by atoms with E-state index >= 15 is 0 Å². The number of rotatable bonds is 1. The molecule has 0 aromatic heterocycles. The van der Waals surface area contributed by atoms with Gasteiger partial charge >= 0.3 is 0 Å². The fourth-order valence-electron chi connectivity index (χ4n) is 1.12. The minimum atomic E-state index is 0.318. The van der Waals surface area contributed by atoms with E-state index in [0.717, 1.165) is 13.0 Å². The summed E-state index contributed by atoms with van der Waals surface area (Å²) in [6.45, 7) is 4.24. The van der Waals surface area contributed by atoms with Crippen LogP contribution in [0.5, 0.6) is 0 Å². The summed E-state index contributed by atoms with van der Waals surface area (Å²) in [6, 6.07) is 0.318. The van der Waals surface area contributed by atoms with Gasteiger partial charge in [0, 0.05) is 0 Å². The molecule has 0 amide bonds. The molecule has 56 valence electrons. The summed E-state index contributed by atoms with van der Waals surface area (Å²) in [6.07, 6.45) is 3.15. The first-order valence-corrected chi connectivity index (χ1v) is 3.62. The Morgan fingerprint density at radius 3 is 3.10 bits per heavy atom. The molecule has 10 heavy (non-hydrogen) atoms. The minimum absolute atomic E-state index is 0.318. The van der Waals surface area contributed by atoms with Crippen LogP contribution in [0.15, 0.2) is 0 Å². The van der Waals surface area contributed by atoms with Crippen molar-refractivity contribution in [2.45, 2.75) is 19.4 Å². The molecule has 1 unspecified atom stereocenters. The van der Waals surface area contributed by atoms with Gasteiger partial charge in [0.1, 0.15) is 0 Å². The van der Waals surface area contributed by atoms with E-state index in [1.54, 1.807) is 4.90 Å². The Labute approximate surface area is 61.2 Å². The van der Waals surface area contributed by atoms with E-state index in [0.29, 0.717) is 19.3 Å². The van der Waals surface area contributed by atoms with Crippen molar-refractivity contribution in [1.82, 2.24) is 4.90 Å². The lowest BCUT2D eigenvalue weighted by Gasteiger charge is -2.30. The molecule has 0 saturated carbocycles. The lowest BCUT2D eigenvalue weighted by atomic mass is 10.2. The molecule has 1 fully saturated rings. The van der Waals surface area contributed by atoms with Crippen LogP contribution in [0.2, 0.25) is 0 Å². The highest BCUT2D eigenvalue weighted by atomic mass is 16.5. The molecule has 0 N–H and O–H groups in total. The molecule has 0 spiro atoms. The summed E-state index contributed by atoms with van der Waals surface area (Å²) in [7, 11) is 0. The van der Waals surface area contributed by atoms with Gasteiger partial charge < -0.3 is 9.64 Å². The molecule has 1 atom stereocenters. The van der Waals surface area contributed by atoms with Crippen molar-refractivity contribution in [3.05, 3.63) is 0 Å². The summed E-state index contributed by atoms with van der Waals surface area (Å²) in [4.78, 5) is 1.80. The van der Waals surface area contributed by atoms with Crippen molar-refractivity contribution in [1.29, 1.82) is 5.26 Å². The SMILES string of the molecule is CCC1COCCN1C#N. The number of hydrogen-bond acceptors (Lipinski definition) is 3. The van der Waals surface area contributed by atoms with Gasteiger partial charge in [0.25, 0.3) is 0 Å². The maximum atomic E-state index is 8.61. The molecule has 1 aliphatic heterocycles. The van der Waals surface area contributed by atoms with E-state index in [9.17, 15) is 0 Å². The van der Waals surface area contributed by atoms with Gasteiger partial charge in [-0.3, -0.25) is 0 Å². The van der Waals surface area contributed by atoms with Crippen LogP contribution in [0.1, 0.15) is 13.3 Å². The van der Waals surface area contributed by atoms with Crippen LogP contribution < -0.4 is 0 Å². The topological polar surface area (TPSA) is 36.3 Å². The highest BCUT2D eigenvalue weighted by molar-refractivity contribution is 4.83. The second-order valence-corrected chi connectivity index (χ2v) is 2.43. The van der Waals surface area contributed by atoms with Crippen molar-refractivity contribution < 1.29 is 4.74 Å². The molecular weight excluding hydrogens is 128 g/mol. The average molecular weight is 140 g/mol. The predicted molar refractivity (Wildman–Crippen MR) is 37.2 cm³/mol. The molecule has 0 aromatic rings.